The van der Waals surface area contributed by atoms with Crippen LogP contribution in [-0.2, 0) is 23.8 Å². The van der Waals surface area contributed by atoms with Crippen molar-refractivity contribution >= 4 is 11.9 Å². The van der Waals surface area contributed by atoms with Gasteiger partial charge < -0.3 is 19.5 Å². The molecule has 10 heteroatoms. The van der Waals surface area contributed by atoms with Crippen LogP contribution in [0.25, 0.3) is 10.4 Å². The van der Waals surface area contributed by atoms with Crippen molar-refractivity contribution in [3.63, 3.8) is 0 Å². The Balaban J connectivity index is 2.22. The van der Waals surface area contributed by atoms with E-state index in [1.54, 1.807) is 6.92 Å². The molecule has 1 fully saturated rings. The molecule has 30 heavy (non-hydrogen) atoms. The number of ether oxygens (including phenoxy) is 3. The molecule has 1 aliphatic carbocycles. The summed E-state index contributed by atoms with van der Waals surface area (Å²) in [5.74, 6) is -0.624. The SMILES string of the molecule is CCOCCO[C@H]1CCCN([C@@H]2C=C(C(=O)OCC)CC(N=[N+]=[N-])[C@H]2NC(C)=O)C1. The van der Waals surface area contributed by atoms with Gasteiger partial charge in [-0.05, 0) is 45.2 Å². The maximum absolute atomic E-state index is 12.4. The second-order valence-electron chi connectivity index (χ2n) is 7.43. The minimum Gasteiger partial charge on any atom is -0.463 e. The molecule has 0 bridgehead atoms. The highest BCUT2D eigenvalue weighted by molar-refractivity contribution is 5.89. The summed E-state index contributed by atoms with van der Waals surface area (Å²) in [4.78, 5) is 29.4. The van der Waals surface area contributed by atoms with E-state index in [9.17, 15) is 9.59 Å². The molecule has 1 heterocycles. The van der Waals surface area contributed by atoms with E-state index in [1.165, 1.54) is 6.92 Å². The van der Waals surface area contributed by atoms with Crippen molar-refractivity contribution in [2.45, 2.75) is 64.3 Å². The number of azide groups is 1. The number of hydrogen-bond acceptors (Lipinski definition) is 7. The van der Waals surface area contributed by atoms with Crippen molar-refractivity contribution in [2.24, 2.45) is 5.11 Å². The Morgan fingerprint density at radius 3 is 2.80 bits per heavy atom. The summed E-state index contributed by atoms with van der Waals surface area (Å²) in [7, 11) is 0. The third-order valence-corrected chi connectivity index (χ3v) is 5.31. The maximum Gasteiger partial charge on any atom is 0.333 e. The number of esters is 1. The molecule has 0 aromatic heterocycles. The van der Waals surface area contributed by atoms with Gasteiger partial charge in [-0.1, -0.05) is 11.2 Å². The molecule has 0 spiro atoms. The minimum atomic E-state index is -0.576. The summed E-state index contributed by atoms with van der Waals surface area (Å²) in [6, 6.07) is -1.30. The summed E-state index contributed by atoms with van der Waals surface area (Å²) >= 11 is 0. The van der Waals surface area contributed by atoms with Crippen molar-refractivity contribution < 1.29 is 23.8 Å². The molecular weight excluding hydrogens is 390 g/mol. The lowest BCUT2D eigenvalue weighted by Gasteiger charge is -2.44. The fourth-order valence-corrected chi connectivity index (χ4v) is 4.05. The zero-order chi connectivity index (χ0) is 21.9. The van der Waals surface area contributed by atoms with Gasteiger partial charge in [0.2, 0.25) is 5.91 Å². The van der Waals surface area contributed by atoms with Gasteiger partial charge in [0.25, 0.3) is 0 Å². The summed E-state index contributed by atoms with van der Waals surface area (Å²) < 4.78 is 16.5. The van der Waals surface area contributed by atoms with Gasteiger partial charge in [0.1, 0.15) is 0 Å². The highest BCUT2D eigenvalue weighted by atomic mass is 16.5. The zero-order valence-corrected chi connectivity index (χ0v) is 18.1. The Labute approximate surface area is 177 Å². The average molecular weight is 424 g/mol. The minimum absolute atomic E-state index is 0.0384. The predicted octanol–water partition coefficient (Wildman–Crippen LogP) is 1.95. The molecule has 0 radical (unpaired) electrons. The summed E-state index contributed by atoms with van der Waals surface area (Å²) in [6.07, 6.45) is 3.99. The summed E-state index contributed by atoms with van der Waals surface area (Å²) in [6.45, 7) is 8.58. The second kappa shape index (κ2) is 12.5. The van der Waals surface area contributed by atoms with E-state index in [1.807, 2.05) is 13.0 Å². The first-order chi connectivity index (χ1) is 14.5. The Hall–Kier alpha value is -2.13. The quantitative estimate of drug-likeness (QED) is 0.188. The molecule has 2 rings (SSSR count). The van der Waals surface area contributed by atoms with Crippen LogP contribution in [0.1, 0.15) is 40.0 Å². The van der Waals surface area contributed by atoms with Crippen LogP contribution in [0.3, 0.4) is 0 Å². The van der Waals surface area contributed by atoms with Crippen LogP contribution in [0, 0.1) is 0 Å². The number of rotatable bonds is 10. The van der Waals surface area contributed by atoms with Gasteiger partial charge in [0.15, 0.2) is 0 Å². The molecule has 0 aromatic carbocycles. The first kappa shape index (κ1) is 24.1. The third kappa shape index (κ3) is 6.98. The van der Waals surface area contributed by atoms with Gasteiger partial charge in [0.05, 0.1) is 38.0 Å². The molecule has 0 saturated carbocycles. The number of hydrogen-bond donors (Lipinski definition) is 1. The van der Waals surface area contributed by atoms with Gasteiger partial charge in [-0.25, -0.2) is 4.79 Å². The molecule has 1 saturated heterocycles. The maximum atomic E-state index is 12.4. The number of nitrogens with one attached hydrogen (secondary N) is 1. The fourth-order valence-electron chi connectivity index (χ4n) is 4.05. The highest BCUT2D eigenvalue weighted by Crippen LogP contribution is 2.29. The Morgan fingerprint density at radius 2 is 2.13 bits per heavy atom. The van der Waals surface area contributed by atoms with Crippen molar-refractivity contribution in [3.8, 4) is 0 Å². The molecule has 1 N–H and O–H groups in total. The number of likely N-dealkylation sites (tertiary alicyclic amines) is 1. The van der Waals surface area contributed by atoms with E-state index in [0.29, 0.717) is 31.9 Å². The van der Waals surface area contributed by atoms with Crippen molar-refractivity contribution in [2.75, 3.05) is 39.5 Å². The fraction of sp³-hybridized carbons (Fsp3) is 0.800. The topological polar surface area (TPSA) is 126 Å². The van der Waals surface area contributed by atoms with E-state index < -0.39 is 18.1 Å². The highest BCUT2D eigenvalue weighted by Gasteiger charge is 2.40. The lowest BCUT2D eigenvalue weighted by Crippen LogP contribution is -2.60. The molecule has 10 nitrogen and oxygen atoms in total. The second-order valence-corrected chi connectivity index (χ2v) is 7.43. The molecule has 4 atom stereocenters. The lowest BCUT2D eigenvalue weighted by atomic mass is 9.85. The number of carbonyl (C=O) groups excluding carboxylic acids is 2. The molecule has 1 aliphatic heterocycles. The largest absolute Gasteiger partial charge is 0.463 e. The average Bonchev–Trinajstić information content (AvgIpc) is 2.72. The number of amides is 1. The van der Waals surface area contributed by atoms with Crippen LogP contribution < -0.4 is 5.32 Å². The van der Waals surface area contributed by atoms with Gasteiger partial charge >= 0.3 is 5.97 Å². The molecular formula is C20H33N5O5. The van der Waals surface area contributed by atoms with Gasteiger partial charge in [-0.3, -0.25) is 9.69 Å². The molecule has 1 unspecified atom stereocenters. The standard InChI is InChI=1S/C20H33N5O5/c1-4-28-9-10-30-16-7-6-8-25(13-16)18-12-15(20(27)29-5-2)11-17(23-24-21)19(18)22-14(3)26/h12,16-19H,4-11,13H2,1-3H3,(H,22,26)/t16-,17?,18+,19+/m0/s1. The van der Waals surface area contributed by atoms with E-state index in [0.717, 1.165) is 19.4 Å². The number of nitrogens with zero attached hydrogens (tertiary/aromatic N) is 4. The summed E-state index contributed by atoms with van der Waals surface area (Å²) in [5, 5.41) is 6.82. The molecule has 2 aliphatic rings. The molecule has 1 amide bonds. The van der Waals surface area contributed by atoms with Crippen molar-refractivity contribution in [3.05, 3.63) is 22.1 Å². The third-order valence-electron chi connectivity index (χ3n) is 5.31. The number of carbonyl (C=O) groups is 2. The van der Waals surface area contributed by atoms with Crippen molar-refractivity contribution in [1.29, 1.82) is 0 Å². The van der Waals surface area contributed by atoms with E-state index in [2.05, 4.69) is 20.2 Å². The monoisotopic (exact) mass is 423 g/mol. The first-order valence-corrected chi connectivity index (χ1v) is 10.6. The van der Waals surface area contributed by atoms with Crippen LogP contribution in [0.4, 0.5) is 0 Å². The van der Waals surface area contributed by atoms with Crippen LogP contribution in [0.2, 0.25) is 0 Å². The Morgan fingerprint density at radius 1 is 1.33 bits per heavy atom. The van der Waals surface area contributed by atoms with Crippen LogP contribution in [0.15, 0.2) is 16.8 Å². The molecule has 0 aromatic rings. The van der Waals surface area contributed by atoms with E-state index in [4.69, 9.17) is 19.7 Å². The Bertz CT molecular complexity index is 664. The van der Waals surface area contributed by atoms with E-state index in [-0.39, 0.29) is 31.1 Å². The van der Waals surface area contributed by atoms with Gasteiger partial charge in [-0.2, -0.15) is 0 Å². The van der Waals surface area contributed by atoms with Gasteiger partial charge in [-0.15, -0.1) is 0 Å². The lowest BCUT2D eigenvalue weighted by molar-refractivity contribution is -0.138. The zero-order valence-electron chi connectivity index (χ0n) is 18.1. The van der Waals surface area contributed by atoms with Crippen LogP contribution in [-0.4, -0.2) is 80.5 Å². The first-order valence-electron chi connectivity index (χ1n) is 10.6. The summed E-state index contributed by atoms with van der Waals surface area (Å²) in [5.41, 5.74) is 9.52. The van der Waals surface area contributed by atoms with Crippen LogP contribution >= 0.6 is 0 Å². The van der Waals surface area contributed by atoms with E-state index >= 15 is 0 Å². The Kier molecular flexibility index (Phi) is 10.1. The van der Waals surface area contributed by atoms with Gasteiger partial charge in [0, 0.05) is 36.6 Å². The number of piperidine rings is 1. The van der Waals surface area contributed by atoms with Crippen LogP contribution in [0.5, 0.6) is 0 Å². The normalized spacial score (nSPS) is 27.0. The molecule has 168 valence electrons. The van der Waals surface area contributed by atoms with Crippen molar-refractivity contribution in [1.82, 2.24) is 10.2 Å². The predicted molar refractivity (Wildman–Crippen MR) is 111 cm³/mol. The smallest absolute Gasteiger partial charge is 0.333 e.